The van der Waals surface area contributed by atoms with E-state index in [9.17, 15) is 22.6 Å². The Labute approximate surface area is 129 Å². The maximum absolute atomic E-state index is 12.3. The van der Waals surface area contributed by atoms with Crippen LogP contribution in [0.1, 0.15) is 20.3 Å². The molecule has 2 heterocycles. The van der Waals surface area contributed by atoms with Crippen LogP contribution in [0.4, 0.5) is 0 Å². The van der Waals surface area contributed by atoms with Gasteiger partial charge in [0.05, 0.1) is 6.04 Å². The first kappa shape index (κ1) is 17.1. The lowest BCUT2D eigenvalue weighted by molar-refractivity contribution is -0.150. The van der Waals surface area contributed by atoms with Gasteiger partial charge in [-0.2, -0.15) is 9.35 Å². The lowest BCUT2D eigenvalue weighted by Crippen LogP contribution is -2.57. The number of piperidine rings is 1. The number of fused-ring (bicyclic) bond motifs is 1. The maximum Gasteiger partial charge on any atom is 0.245 e. The summed E-state index contributed by atoms with van der Waals surface area (Å²) in [6.07, 6.45) is 0.475. The van der Waals surface area contributed by atoms with Crippen LogP contribution in [0.15, 0.2) is 0 Å². The molecule has 0 saturated carbocycles. The summed E-state index contributed by atoms with van der Waals surface area (Å²) in [6, 6.07) is -0.968. The molecule has 0 spiro atoms. The SMILES string of the molecule is CCN1C[C@@H]2C[C@@H](N(C)OS(=O)(=O)[O-])CN(C(C)=O)[C@@H]2C1=O. The normalized spacial score (nSPS) is 29.1. The van der Waals surface area contributed by atoms with Crippen molar-refractivity contribution in [1.82, 2.24) is 14.9 Å². The Morgan fingerprint density at radius 2 is 2.09 bits per heavy atom. The molecule has 2 fully saturated rings. The van der Waals surface area contributed by atoms with Crippen LogP contribution in [0.25, 0.3) is 0 Å². The summed E-state index contributed by atoms with van der Waals surface area (Å²) in [4.78, 5) is 27.3. The minimum Gasteiger partial charge on any atom is -0.724 e. The van der Waals surface area contributed by atoms with Crippen molar-refractivity contribution in [2.45, 2.75) is 32.4 Å². The van der Waals surface area contributed by atoms with Gasteiger partial charge in [0, 0.05) is 39.5 Å². The van der Waals surface area contributed by atoms with Crippen molar-refractivity contribution >= 4 is 22.2 Å². The number of amides is 2. The van der Waals surface area contributed by atoms with Gasteiger partial charge in [-0.05, 0) is 13.3 Å². The van der Waals surface area contributed by atoms with Crippen molar-refractivity contribution < 1.29 is 26.8 Å². The third-order valence-electron chi connectivity index (χ3n) is 4.29. The standard InChI is InChI=1S/C12H21N3O6S/c1-4-14-6-9-5-10(13(3)21-22(18,19)20)7-15(8(2)16)11(9)12(14)17/h9-11H,4-7H2,1-3H3,(H,18,19,20)/p-1/t9-,10+,11-/m0/s1. The molecule has 22 heavy (non-hydrogen) atoms. The summed E-state index contributed by atoms with van der Waals surface area (Å²) in [5.41, 5.74) is 0. The van der Waals surface area contributed by atoms with E-state index in [1.165, 1.54) is 18.9 Å². The van der Waals surface area contributed by atoms with Gasteiger partial charge in [0.25, 0.3) is 0 Å². The molecule has 0 unspecified atom stereocenters. The number of likely N-dealkylation sites (N-methyl/N-ethyl adjacent to an activating group) is 2. The summed E-state index contributed by atoms with van der Waals surface area (Å²) in [5, 5.41) is 0.966. The second-order valence-corrected chi connectivity index (χ2v) is 6.64. The fourth-order valence-electron chi connectivity index (χ4n) is 3.30. The third-order valence-corrected chi connectivity index (χ3v) is 4.71. The maximum atomic E-state index is 12.3. The number of nitrogens with zero attached hydrogens (tertiary/aromatic N) is 3. The van der Waals surface area contributed by atoms with Crippen molar-refractivity contribution in [3.8, 4) is 0 Å². The highest BCUT2D eigenvalue weighted by Crippen LogP contribution is 2.33. The van der Waals surface area contributed by atoms with Gasteiger partial charge < -0.3 is 14.4 Å². The molecule has 0 aromatic rings. The van der Waals surface area contributed by atoms with E-state index in [0.29, 0.717) is 19.5 Å². The zero-order chi connectivity index (χ0) is 16.7. The number of hydrogen-bond donors (Lipinski definition) is 0. The van der Waals surface area contributed by atoms with Gasteiger partial charge >= 0.3 is 0 Å². The molecular weight excluding hydrogens is 314 g/mol. The average molecular weight is 334 g/mol. The number of hydroxylamine groups is 2. The molecule has 0 aromatic heterocycles. The van der Waals surface area contributed by atoms with Crippen molar-refractivity contribution in [2.75, 3.05) is 26.7 Å². The molecule has 0 aromatic carbocycles. The largest absolute Gasteiger partial charge is 0.724 e. The van der Waals surface area contributed by atoms with Crippen LogP contribution < -0.4 is 0 Å². The van der Waals surface area contributed by atoms with E-state index >= 15 is 0 Å². The molecule has 0 aliphatic carbocycles. The number of hydrogen-bond acceptors (Lipinski definition) is 7. The number of carbonyl (C=O) groups is 2. The molecule has 0 N–H and O–H groups in total. The highest BCUT2D eigenvalue weighted by molar-refractivity contribution is 7.80. The van der Waals surface area contributed by atoms with Crippen LogP contribution in [0, 0.1) is 5.92 Å². The highest BCUT2D eigenvalue weighted by atomic mass is 32.3. The average Bonchev–Trinajstić information content (AvgIpc) is 2.72. The summed E-state index contributed by atoms with van der Waals surface area (Å²) in [6.45, 7) is 4.45. The van der Waals surface area contributed by atoms with E-state index < -0.39 is 22.5 Å². The van der Waals surface area contributed by atoms with Gasteiger partial charge in [0.1, 0.15) is 6.04 Å². The fourth-order valence-corrected chi connectivity index (χ4v) is 3.70. The van der Waals surface area contributed by atoms with Crippen molar-refractivity contribution in [2.24, 2.45) is 5.92 Å². The molecule has 2 amide bonds. The van der Waals surface area contributed by atoms with Gasteiger partial charge in [-0.15, -0.1) is 0 Å². The summed E-state index contributed by atoms with van der Waals surface area (Å²) < 4.78 is 36.5. The lowest BCUT2D eigenvalue weighted by Gasteiger charge is -2.42. The van der Waals surface area contributed by atoms with Gasteiger partial charge in [-0.3, -0.25) is 9.59 Å². The van der Waals surface area contributed by atoms with Crippen molar-refractivity contribution in [3.05, 3.63) is 0 Å². The van der Waals surface area contributed by atoms with Crippen LogP contribution in [0.5, 0.6) is 0 Å². The summed E-state index contributed by atoms with van der Waals surface area (Å²) >= 11 is 0. The molecule has 0 radical (unpaired) electrons. The molecule has 2 aliphatic rings. The second kappa shape index (κ2) is 6.11. The summed E-state index contributed by atoms with van der Waals surface area (Å²) in [5.74, 6) is -0.443. The Morgan fingerprint density at radius 3 is 2.59 bits per heavy atom. The van der Waals surface area contributed by atoms with E-state index in [4.69, 9.17) is 0 Å². The molecular formula is C12H20N3O6S-. The zero-order valence-electron chi connectivity index (χ0n) is 12.8. The van der Waals surface area contributed by atoms with E-state index in [-0.39, 0.29) is 24.3 Å². The molecule has 10 heteroatoms. The Kier molecular flexibility index (Phi) is 4.76. The van der Waals surface area contributed by atoms with Crippen LogP contribution >= 0.6 is 0 Å². The van der Waals surface area contributed by atoms with Crippen LogP contribution in [0.2, 0.25) is 0 Å². The predicted octanol–water partition coefficient (Wildman–Crippen LogP) is -1.22. The highest BCUT2D eigenvalue weighted by Gasteiger charge is 2.49. The van der Waals surface area contributed by atoms with Gasteiger partial charge in [0.15, 0.2) is 0 Å². The van der Waals surface area contributed by atoms with Gasteiger partial charge in [-0.1, -0.05) is 0 Å². The first-order valence-electron chi connectivity index (χ1n) is 7.08. The second-order valence-electron chi connectivity index (χ2n) is 5.67. The quantitative estimate of drug-likeness (QED) is 0.360. The minimum absolute atomic E-state index is 0.0823. The Bertz CT molecular complexity index is 565. The van der Waals surface area contributed by atoms with Crippen molar-refractivity contribution in [1.29, 1.82) is 0 Å². The Balaban J connectivity index is 2.19. The molecule has 3 atom stereocenters. The monoisotopic (exact) mass is 334 g/mol. The van der Waals surface area contributed by atoms with Crippen LogP contribution in [-0.4, -0.2) is 78.4 Å². The Morgan fingerprint density at radius 1 is 1.45 bits per heavy atom. The smallest absolute Gasteiger partial charge is 0.245 e. The number of likely N-dealkylation sites (tertiary alicyclic amines) is 2. The molecule has 2 aliphatic heterocycles. The van der Waals surface area contributed by atoms with Gasteiger partial charge in [-0.25, -0.2) is 8.42 Å². The van der Waals surface area contributed by atoms with Crippen molar-refractivity contribution in [3.63, 3.8) is 0 Å². The van der Waals surface area contributed by atoms with E-state index in [0.717, 1.165) is 5.06 Å². The molecule has 2 rings (SSSR count). The minimum atomic E-state index is -4.86. The third kappa shape index (κ3) is 3.40. The summed E-state index contributed by atoms with van der Waals surface area (Å²) in [7, 11) is -3.52. The molecule has 9 nitrogen and oxygen atoms in total. The van der Waals surface area contributed by atoms with E-state index in [2.05, 4.69) is 4.28 Å². The van der Waals surface area contributed by atoms with Crippen LogP contribution in [-0.2, 0) is 24.3 Å². The van der Waals surface area contributed by atoms with Crippen LogP contribution in [0.3, 0.4) is 0 Å². The topological polar surface area (TPSA) is 110 Å². The first-order chi connectivity index (χ1) is 10.1. The zero-order valence-corrected chi connectivity index (χ0v) is 13.6. The van der Waals surface area contributed by atoms with E-state index in [1.807, 2.05) is 6.92 Å². The lowest BCUT2D eigenvalue weighted by atomic mass is 9.88. The fraction of sp³-hybridized carbons (Fsp3) is 0.833. The Hall–Kier alpha value is -1.23. The van der Waals surface area contributed by atoms with E-state index in [1.54, 1.807) is 4.90 Å². The number of carbonyl (C=O) groups excluding carboxylic acids is 2. The first-order valence-corrected chi connectivity index (χ1v) is 8.41. The predicted molar refractivity (Wildman–Crippen MR) is 73.9 cm³/mol. The number of rotatable bonds is 4. The molecule has 126 valence electrons. The molecule has 0 bridgehead atoms. The van der Waals surface area contributed by atoms with Gasteiger partial charge in [0.2, 0.25) is 22.2 Å². The molecule has 2 saturated heterocycles.